The highest BCUT2D eigenvalue weighted by Crippen LogP contribution is 2.49. The molecule has 5 atom stereocenters. The van der Waals surface area contributed by atoms with Crippen LogP contribution in [0.1, 0.15) is 24.9 Å². The van der Waals surface area contributed by atoms with Gasteiger partial charge in [0.2, 0.25) is 5.91 Å². The van der Waals surface area contributed by atoms with E-state index in [4.69, 9.17) is 0 Å². The van der Waals surface area contributed by atoms with Crippen LogP contribution in [0.4, 0.5) is 5.69 Å². The van der Waals surface area contributed by atoms with Gasteiger partial charge in [-0.1, -0.05) is 36.4 Å². The van der Waals surface area contributed by atoms with Crippen LogP contribution >= 0.6 is 0 Å². The molecule has 0 aliphatic heterocycles. The van der Waals surface area contributed by atoms with E-state index in [1.807, 2.05) is 61.5 Å². The Kier molecular flexibility index (Phi) is 4.52. The van der Waals surface area contributed by atoms with Gasteiger partial charge in [0.25, 0.3) is 0 Å². The van der Waals surface area contributed by atoms with E-state index in [-0.39, 0.29) is 23.8 Å². The first kappa shape index (κ1) is 17.5. The maximum atomic E-state index is 13.7. The number of para-hydroxylation sites is 1. The number of amides is 1. The van der Waals surface area contributed by atoms with Gasteiger partial charge in [0.15, 0.2) is 0 Å². The van der Waals surface area contributed by atoms with Crippen LogP contribution in [0.5, 0.6) is 0 Å². The number of rotatable bonds is 5. The second-order valence-electron chi connectivity index (χ2n) is 7.34. The lowest BCUT2D eigenvalue weighted by Gasteiger charge is -2.35. The number of nitrogens with zero attached hydrogens (tertiary/aromatic N) is 2. The molecule has 2 bridgehead atoms. The van der Waals surface area contributed by atoms with E-state index in [9.17, 15) is 14.7 Å². The summed E-state index contributed by atoms with van der Waals surface area (Å²) in [5, 5.41) is 9.75. The summed E-state index contributed by atoms with van der Waals surface area (Å²) >= 11 is 0. The van der Waals surface area contributed by atoms with Crippen LogP contribution in [0, 0.1) is 23.7 Å². The Labute approximate surface area is 158 Å². The van der Waals surface area contributed by atoms with Crippen molar-refractivity contribution in [3.63, 3.8) is 0 Å². The molecule has 1 aromatic carbocycles. The Morgan fingerprint density at radius 2 is 1.78 bits per heavy atom. The SMILES string of the molecule is CC(c1cccnc1)N(C(=O)C1C2C=CC(C2)C1C(=O)O)c1ccccc1. The number of carboxylic acid groups (broad SMARTS) is 1. The number of pyridine rings is 1. The first-order valence-electron chi connectivity index (χ1n) is 9.27. The van der Waals surface area contributed by atoms with Crippen LogP contribution in [-0.4, -0.2) is 22.0 Å². The summed E-state index contributed by atoms with van der Waals surface area (Å²) in [7, 11) is 0. The van der Waals surface area contributed by atoms with Crippen molar-refractivity contribution < 1.29 is 14.7 Å². The second-order valence-corrected chi connectivity index (χ2v) is 7.34. The lowest BCUT2D eigenvalue weighted by atomic mass is 9.81. The third-order valence-electron chi connectivity index (χ3n) is 5.86. The Balaban J connectivity index is 1.74. The van der Waals surface area contributed by atoms with Gasteiger partial charge in [-0.15, -0.1) is 0 Å². The number of anilines is 1. The number of carboxylic acids is 1. The van der Waals surface area contributed by atoms with Gasteiger partial charge in [0, 0.05) is 18.1 Å². The fraction of sp³-hybridized carbons (Fsp3) is 0.318. The van der Waals surface area contributed by atoms with Crippen molar-refractivity contribution in [1.82, 2.24) is 4.98 Å². The summed E-state index contributed by atoms with van der Waals surface area (Å²) in [5.41, 5.74) is 1.69. The average Bonchev–Trinajstić information content (AvgIpc) is 3.31. The van der Waals surface area contributed by atoms with Gasteiger partial charge in [-0.3, -0.25) is 14.6 Å². The van der Waals surface area contributed by atoms with Crippen molar-refractivity contribution in [2.75, 3.05) is 4.90 Å². The number of carbonyl (C=O) groups is 2. The Bertz CT molecular complexity index is 866. The topological polar surface area (TPSA) is 70.5 Å². The zero-order valence-corrected chi connectivity index (χ0v) is 15.1. The molecule has 1 N–H and O–H groups in total. The number of aliphatic carboxylic acids is 1. The standard InChI is InChI=1S/C22H22N2O3/c1-14(17-6-5-11-23-13-17)24(18-7-3-2-4-8-18)21(25)19-15-9-10-16(12-15)20(19)22(26)27/h2-11,13-16,19-20H,12H2,1H3,(H,26,27). The highest BCUT2D eigenvalue weighted by atomic mass is 16.4. The minimum Gasteiger partial charge on any atom is -0.481 e. The molecular formula is C22H22N2O3. The second kappa shape index (κ2) is 6.99. The molecule has 1 aromatic heterocycles. The van der Waals surface area contributed by atoms with Crippen LogP contribution in [0.25, 0.3) is 0 Å². The van der Waals surface area contributed by atoms with Crippen LogP contribution in [0.15, 0.2) is 67.0 Å². The molecule has 138 valence electrons. The number of hydrogen-bond acceptors (Lipinski definition) is 3. The van der Waals surface area contributed by atoms with E-state index in [0.29, 0.717) is 0 Å². The molecule has 2 aliphatic rings. The molecule has 1 fully saturated rings. The zero-order chi connectivity index (χ0) is 19.0. The molecule has 1 heterocycles. The van der Waals surface area contributed by atoms with Crippen LogP contribution in [-0.2, 0) is 9.59 Å². The molecule has 2 aromatic rings. The number of hydrogen-bond donors (Lipinski definition) is 1. The molecule has 0 saturated heterocycles. The molecular weight excluding hydrogens is 340 g/mol. The van der Waals surface area contributed by atoms with E-state index in [2.05, 4.69) is 4.98 Å². The number of carbonyl (C=O) groups excluding carboxylic acids is 1. The third kappa shape index (κ3) is 3.03. The lowest BCUT2D eigenvalue weighted by molar-refractivity contribution is -0.147. The van der Waals surface area contributed by atoms with Crippen molar-refractivity contribution in [2.45, 2.75) is 19.4 Å². The van der Waals surface area contributed by atoms with E-state index in [0.717, 1.165) is 17.7 Å². The van der Waals surface area contributed by atoms with Crippen molar-refractivity contribution in [3.05, 3.63) is 72.6 Å². The molecule has 5 unspecified atom stereocenters. The molecule has 4 rings (SSSR count). The lowest BCUT2D eigenvalue weighted by Crippen LogP contribution is -2.44. The highest BCUT2D eigenvalue weighted by Gasteiger charge is 2.53. The van der Waals surface area contributed by atoms with Gasteiger partial charge in [-0.25, -0.2) is 0 Å². The van der Waals surface area contributed by atoms with Gasteiger partial charge >= 0.3 is 5.97 Å². The summed E-state index contributed by atoms with van der Waals surface area (Å²) in [4.78, 5) is 31.5. The molecule has 0 spiro atoms. The highest BCUT2D eigenvalue weighted by molar-refractivity contribution is 5.99. The summed E-state index contributed by atoms with van der Waals surface area (Å²) in [6.07, 6.45) is 8.18. The largest absolute Gasteiger partial charge is 0.481 e. The minimum absolute atomic E-state index is 0.00379. The van der Waals surface area contributed by atoms with E-state index >= 15 is 0 Å². The van der Waals surface area contributed by atoms with Crippen molar-refractivity contribution in [1.29, 1.82) is 0 Å². The molecule has 1 amide bonds. The first-order chi connectivity index (χ1) is 13.1. The first-order valence-corrected chi connectivity index (χ1v) is 9.27. The fourth-order valence-electron chi connectivity index (χ4n) is 4.56. The minimum atomic E-state index is -0.882. The molecule has 0 radical (unpaired) electrons. The molecule has 5 heteroatoms. The van der Waals surface area contributed by atoms with Crippen LogP contribution in [0.2, 0.25) is 0 Å². The van der Waals surface area contributed by atoms with Crippen molar-refractivity contribution >= 4 is 17.6 Å². The van der Waals surface area contributed by atoms with E-state index in [1.54, 1.807) is 17.3 Å². The predicted octanol–water partition coefficient (Wildman–Crippen LogP) is 3.70. The van der Waals surface area contributed by atoms with Gasteiger partial charge < -0.3 is 10.0 Å². The summed E-state index contributed by atoms with van der Waals surface area (Å²) in [6, 6.07) is 13.0. The monoisotopic (exact) mass is 362 g/mol. The number of benzene rings is 1. The molecule has 1 saturated carbocycles. The predicted molar refractivity (Wildman–Crippen MR) is 102 cm³/mol. The summed E-state index contributed by atoms with van der Waals surface area (Å²) in [6.45, 7) is 1.96. The van der Waals surface area contributed by atoms with Gasteiger partial charge in [-0.2, -0.15) is 0 Å². The molecule has 5 nitrogen and oxygen atoms in total. The van der Waals surface area contributed by atoms with Gasteiger partial charge in [0.05, 0.1) is 17.9 Å². The summed E-state index contributed by atoms with van der Waals surface area (Å²) < 4.78 is 0. The normalized spacial score (nSPS) is 26.7. The zero-order valence-electron chi connectivity index (χ0n) is 15.1. The molecule has 27 heavy (non-hydrogen) atoms. The van der Waals surface area contributed by atoms with Crippen LogP contribution in [0.3, 0.4) is 0 Å². The van der Waals surface area contributed by atoms with Gasteiger partial charge in [0.1, 0.15) is 0 Å². The smallest absolute Gasteiger partial charge is 0.307 e. The number of allylic oxidation sites excluding steroid dienone is 2. The van der Waals surface area contributed by atoms with Gasteiger partial charge in [-0.05, 0) is 48.9 Å². The Morgan fingerprint density at radius 3 is 2.41 bits per heavy atom. The van der Waals surface area contributed by atoms with E-state index in [1.165, 1.54) is 0 Å². The molecule has 2 aliphatic carbocycles. The average molecular weight is 362 g/mol. The van der Waals surface area contributed by atoms with Crippen molar-refractivity contribution in [3.8, 4) is 0 Å². The van der Waals surface area contributed by atoms with Crippen LogP contribution < -0.4 is 4.90 Å². The van der Waals surface area contributed by atoms with Crippen molar-refractivity contribution in [2.24, 2.45) is 23.7 Å². The van der Waals surface area contributed by atoms with E-state index < -0.39 is 17.8 Å². The quantitative estimate of drug-likeness (QED) is 0.824. The maximum Gasteiger partial charge on any atom is 0.307 e. The number of fused-ring (bicyclic) bond motifs is 2. The summed E-state index contributed by atoms with van der Waals surface area (Å²) in [5.74, 6) is -2.24. The fourth-order valence-corrected chi connectivity index (χ4v) is 4.56. The Morgan fingerprint density at radius 1 is 1.07 bits per heavy atom. The maximum absolute atomic E-state index is 13.7. The Hall–Kier alpha value is -2.95. The third-order valence-corrected chi connectivity index (χ3v) is 5.86. The number of aromatic nitrogens is 1.